The van der Waals surface area contributed by atoms with Crippen LogP contribution >= 0.6 is 0 Å². The average Bonchev–Trinajstić information content (AvgIpc) is 3.44. The van der Waals surface area contributed by atoms with Crippen LogP contribution in [0.1, 0.15) is 24.6 Å². The summed E-state index contributed by atoms with van der Waals surface area (Å²) in [4.78, 5) is 17.4. The molecule has 9 nitrogen and oxygen atoms in total. The van der Waals surface area contributed by atoms with E-state index in [1.54, 1.807) is 31.5 Å². The van der Waals surface area contributed by atoms with E-state index in [4.69, 9.17) is 4.42 Å². The van der Waals surface area contributed by atoms with Crippen molar-refractivity contribution in [2.75, 3.05) is 45.1 Å². The highest BCUT2D eigenvalue weighted by molar-refractivity contribution is 5.79. The highest BCUT2D eigenvalue weighted by Gasteiger charge is 2.25. The third kappa shape index (κ3) is 5.71. The molecule has 1 unspecified atom stereocenters. The molecule has 29 heavy (non-hydrogen) atoms. The van der Waals surface area contributed by atoms with Gasteiger partial charge in [0, 0.05) is 32.7 Å². The Kier molecular flexibility index (Phi) is 7.46. The van der Waals surface area contributed by atoms with E-state index in [1.165, 1.54) is 18.9 Å². The van der Waals surface area contributed by atoms with Crippen LogP contribution in [0, 0.1) is 10.1 Å². The molecule has 0 amide bonds. The Labute approximate surface area is 170 Å². The first-order valence-corrected chi connectivity index (χ1v) is 9.88. The molecule has 156 valence electrons. The number of rotatable bonds is 9. The lowest BCUT2D eigenvalue weighted by Gasteiger charge is -2.26. The average molecular weight is 400 g/mol. The van der Waals surface area contributed by atoms with Crippen molar-refractivity contribution in [1.82, 2.24) is 15.5 Å². The van der Waals surface area contributed by atoms with Crippen LogP contribution in [0.5, 0.6) is 0 Å². The van der Waals surface area contributed by atoms with Crippen molar-refractivity contribution in [2.45, 2.75) is 18.9 Å². The second-order valence-corrected chi connectivity index (χ2v) is 6.86. The summed E-state index contributed by atoms with van der Waals surface area (Å²) >= 11 is 0. The van der Waals surface area contributed by atoms with Gasteiger partial charge in [0.15, 0.2) is 5.96 Å². The van der Waals surface area contributed by atoms with Crippen LogP contribution < -0.4 is 16.0 Å². The zero-order valence-electron chi connectivity index (χ0n) is 16.6. The molecule has 1 aliphatic rings. The lowest BCUT2D eigenvalue weighted by Crippen LogP contribution is -2.43. The maximum Gasteiger partial charge on any atom is 0.292 e. The van der Waals surface area contributed by atoms with E-state index < -0.39 is 0 Å². The van der Waals surface area contributed by atoms with Crippen molar-refractivity contribution >= 4 is 17.3 Å². The molecule has 1 fully saturated rings. The molecule has 0 spiro atoms. The summed E-state index contributed by atoms with van der Waals surface area (Å²) in [7, 11) is 1.72. The number of anilines is 1. The summed E-state index contributed by atoms with van der Waals surface area (Å²) in [5, 5.41) is 20.8. The SMILES string of the molecule is CN=C(NCCNc1ccccc1[N+](=O)[O-])NCC(c1ccco1)N1CCCC1. The molecular formula is C20H28N6O3. The van der Waals surface area contributed by atoms with Crippen molar-refractivity contribution in [3.05, 3.63) is 58.5 Å². The third-order valence-electron chi connectivity index (χ3n) is 4.97. The van der Waals surface area contributed by atoms with Gasteiger partial charge in [0.05, 0.1) is 17.2 Å². The second-order valence-electron chi connectivity index (χ2n) is 6.86. The van der Waals surface area contributed by atoms with Gasteiger partial charge in [-0.05, 0) is 44.1 Å². The minimum Gasteiger partial charge on any atom is -0.468 e. The quantitative estimate of drug-likeness (QED) is 0.195. The smallest absolute Gasteiger partial charge is 0.292 e. The minimum atomic E-state index is -0.386. The molecule has 1 atom stereocenters. The molecule has 0 bridgehead atoms. The molecule has 2 aromatic rings. The van der Waals surface area contributed by atoms with E-state index in [0.717, 1.165) is 18.8 Å². The monoisotopic (exact) mass is 400 g/mol. The number of likely N-dealkylation sites (tertiary alicyclic amines) is 1. The first-order chi connectivity index (χ1) is 14.2. The zero-order chi connectivity index (χ0) is 20.5. The van der Waals surface area contributed by atoms with Gasteiger partial charge in [0.2, 0.25) is 0 Å². The van der Waals surface area contributed by atoms with Gasteiger partial charge in [-0.15, -0.1) is 0 Å². The predicted molar refractivity (Wildman–Crippen MR) is 113 cm³/mol. The molecule has 1 saturated heterocycles. The van der Waals surface area contributed by atoms with Gasteiger partial charge >= 0.3 is 0 Å². The van der Waals surface area contributed by atoms with E-state index in [9.17, 15) is 10.1 Å². The van der Waals surface area contributed by atoms with Crippen molar-refractivity contribution < 1.29 is 9.34 Å². The van der Waals surface area contributed by atoms with Gasteiger partial charge in [0.25, 0.3) is 5.69 Å². The van der Waals surface area contributed by atoms with Crippen molar-refractivity contribution in [2.24, 2.45) is 4.99 Å². The molecule has 1 aromatic heterocycles. The fourth-order valence-corrected chi connectivity index (χ4v) is 3.52. The summed E-state index contributed by atoms with van der Waals surface area (Å²) in [5.74, 6) is 1.64. The number of nitro benzene ring substituents is 1. The Morgan fingerprint density at radius 2 is 2.00 bits per heavy atom. The Balaban J connectivity index is 1.47. The second kappa shape index (κ2) is 10.5. The van der Waals surface area contributed by atoms with Gasteiger partial charge in [0.1, 0.15) is 11.4 Å². The normalized spacial score (nSPS) is 15.8. The lowest BCUT2D eigenvalue weighted by atomic mass is 10.2. The number of nitrogens with one attached hydrogen (secondary N) is 3. The molecule has 1 aromatic carbocycles. The van der Waals surface area contributed by atoms with Gasteiger partial charge in [-0.3, -0.25) is 20.0 Å². The first kappa shape index (κ1) is 20.7. The Bertz CT molecular complexity index is 802. The van der Waals surface area contributed by atoms with E-state index in [2.05, 4.69) is 25.8 Å². The topological polar surface area (TPSA) is 108 Å². The zero-order valence-corrected chi connectivity index (χ0v) is 16.6. The predicted octanol–water partition coefficient (Wildman–Crippen LogP) is 2.60. The number of hydrogen-bond donors (Lipinski definition) is 3. The van der Waals surface area contributed by atoms with Crippen molar-refractivity contribution in [3.8, 4) is 0 Å². The van der Waals surface area contributed by atoms with Gasteiger partial charge in [-0.25, -0.2) is 0 Å². The van der Waals surface area contributed by atoms with Crippen LogP contribution in [0.2, 0.25) is 0 Å². The number of benzene rings is 1. The third-order valence-corrected chi connectivity index (χ3v) is 4.97. The number of hydrogen-bond acceptors (Lipinski definition) is 6. The Hall–Kier alpha value is -3.07. The highest BCUT2D eigenvalue weighted by atomic mass is 16.6. The van der Waals surface area contributed by atoms with Crippen molar-refractivity contribution in [1.29, 1.82) is 0 Å². The molecule has 3 N–H and O–H groups in total. The number of furan rings is 1. The van der Waals surface area contributed by atoms with Crippen LogP contribution in [0.15, 0.2) is 52.1 Å². The van der Waals surface area contributed by atoms with Gasteiger partial charge < -0.3 is 20.4 Å². The standard InChI is InChI=1S/C20H28N6O3/c1-21-20(23-11-10-22-16-7-2-3-8-17(16)26(27)28)24-15-18(19-9-6-14-29-19)25-12-4-5-13-25/h2-3,6-9,14,18,22H,4-5,10-13,15H2,1H3,(H2,21,23,24). The number of nitrogens with zero attached hydrogens (tertiary/aromatic N) is 3. The van der Waals surface area contributed by atoms with Crippen LogP contribution in [0.4, 0.5) is 11.4 Å². The van der Waals surface area contributed by atoms with Crippen LogP contribution in [-0.2, 0) is 0 Å². The lowest BCUT2D eigenvalue weighted by molar-refractivity contribution is -0.384. The fraction of sp³-hybridized carbons (Fsp3) is 0.450. The number of aliphatic imine (C=N–C) groups is 1. The maximum atomic E-state index is 11.1. The number of nitro groups is 1. The summed E-state index contributed by atoms with van der Waals surface area (Å²) in [5.41, 5.74) is 0.580. The number of guanidine groups is 1. The Morgan fingerprint density at radius 3 is 2.69 bits per heavy atom. The molecular weight excluding hydrogens is 372 g/mol. The molecule has 0 aliphatic carbocycles. The van der Waals surface area contributed by atoms with Crippen molar-refractivity contribution in [3.63, 3.8) is 0 Å². The highest BCUT2D eigenvalue weighted by Crippen LogP contribution is 2.25. The molecule has 9 heteroatoms. The van der Waals surface area contributed by atoms with Gasteiger partial charge in [-0.2, -0.15) is 0 Å². The minimum absolute atomic E-state index is 0.0712. The van der Waals surface area contributed by atoms with E-state index in [0.29, 0.717) is 31.3 Å². The number of para-hydroxylation sites is 2. The van der Waals surface area contributed by atoms with E-state index in [1.807, 2.05) is 12.1 Å². The molecule has 0 radical (unpaired) electrons. The summed E-state index contributed by atoms with van der Waals surface area (Å²) in [6.07, 6.45) is 4.13. The van der Waals surface area contributed by atoms with Crippen LogP contribution in [0.3, 0.4) is 0 Å². The molecule has 1 aliphatic heterocycles. The van der Waals surface area contributed by atoms with Crippen LogP contribution in [-0.4, -0.2) is 55.6 Å². The maximum absolute atomic E-state index is 11.1. The molecule has 3 rings (SSSR count). The van der Waals surface area contributed by atoms with E-state index >= 15 is 0 Å². The largest absolute Gasteiger partial charge is 0.468 e. The summed E-state index contributed by atoms with van der Waals surface area (Å²) in [6.45, 7) is 3.92. The van der Waals surface area contributed by atoms with Gasteiger partial charge in [-0.1, -0.05) is 12.1 Å². The summed E-state index contributed by atoms with van der Waals surface area (Å²) in [6, 6.07) is 10.7. The Morgan fingerprint density at radius 1 is 1.21 bits per heavy atom. The summed E-state index contributed by atoms with van der Waals surface area (Å²) < 4.78 is 5.65. The van der Waals surface area contributed by atoms with E-state index in [-0.39, 0.29) is 16.7 Å². The fourth-order valence-electron chi connectivity index (χ4n) is 3.52. The van der Waals surface area contributed by atoms with Crippen LogP contribution in [0.25, 0.3) is 0 Å². The molecule has 2 heterocycles. The molecule has 0 saturated carbocycles. The first-order valence-electron chi connectivity index (χ1n) is 9.88.